The van der Waals surface area contributed by atoms with Gasteiger partial charge >= 0.3 is 5.97 Å². The van der Waals surface area contributed by atoms with Gasteiger partial charge in [0.15, 0.2) is 0 Å². The Balaban J connectivity index is 2.49. The predicted octanol–water partition coefficient (Wildman–Crippen LogP) is 1.33. The number of hydrogen-bond acceptors (Lipinski definition) is 3. The normalized spacial score (nSPS) is 19.0. The van der Waals surface area contributed by atoms with E-state index in [4.69, 9.17) is 11.2 Å². The third kappa shape index (κ3) is 3.56. The molecule has 0 aromatic heterocycles. The van der Waals surface area contributed by atoms with Gasteiger partial charge in [0.05, 0.1) is 7.11 Å². The number of nitrogens with one attached hydrogen (secondary N) is 1. The fourth-order valence-corrected chi connectivity index (χ4v) is 1.67. The highest BCUT2D eigenvalue weighted by molar-refractivity contribution is 5.76. The zero-order chi connectivity index (χ0) is 11.3. The molecule has 0 heterocycles. The zero-order valence-electron chi connectivity index (χ0n) is 9.45. The van der Waals surface area contributed by atoms with E-state index in [-0.39, 0.29) is 18.1 Å². The summed E-state index contributed by atoms with van der Waals surface area (Å²) in [4.78, 5) is 11.5. The molecule has 84 valence electrons. The van der Waals surface area contributed by atoms with E-state index in [1.165, 1.54) is 7.11 Å². The van der Waals surface area contributed by atoms with Crippen molar-refractivity contribution in [3.8, 4) is 12.3 Å². The average Bonchev–Trinajstić information content (AvgIpc) is 3.07. The Bertz CT molecular complexity index is 253. The van der Waals surface area contributed by atoms with Crippen LogP contribution < -0.4 is 5.32 Å². The first kappa shape index (κ1) is 12.1. The maximum absolute atomic E-state index is 11.5. The molecule has 0 radical (unpaired) electrons. The number of carbonyl (C=O) groups excluding carboxylic acids is 1. The van der Waals surface area contributed by atoms with Gasteiger partial charge in [0.25, 0.3) is 0 Å². The van der Waals surface area contributed by atoms with Crippen LogP contribution in [-0.4, -0.2) is 25.2 Å². The second-order valence-corrected chi connectivity index (χ2v) is 4.02. The molecule has 0 bridgehead atoms. The average molecular weight is 209 g/mol. The highest BCUT2D eigenvalue weighted by Crippen LogP contribution is 2.33. The fraction of sp³-hybridized carbons (Fsp3) is 0.750. The van der Waals surface area contributed by atoms with Gasteiger partial charge in [-0.1, -0.05) is 6.92 Å². The number of ether oxygens (including phenoxy) is 1. The number of terminal acetylenes is 1. The summed E-state index contributed by atoms with van der Waals surface area (Å²) >= 11 is 0. The van der Waals surface area contributed by atoms with Crippen LogP contribution in [0.1, 0.15) is 32.6 Å². The third-order valence-corrected chi connectivity index (χ3v) is 2.82. The molecule has 1 aliphatic rings. The molecule has 1 fully saturated rings. The second-order valence-electron chi connectivity index (χ2n) is 4.02. The first-order valence-electron chi connectivity index (χ1n) is 5.50. The molecule has 3 heteroatoms. The Morgan fingerprint density at radius 3 is 2.73 bits per heavy atom. The lowest BCUT2D eigenvalue weighted by molar-refractivity contribution is -0.144. The Labute approximate surface area is 91.6 Å². The van der Waals surface area contributed by atoms with E-state index in [0.29, 0.717) is 12.3 Å². The minimum absolute atomic E-state index is 0.159. The maximum atomic E-state index is 11.5. The van der Waals surface area contributed by atoms with Crippen molar-refractivity contribution in [2.45, 2.75) is 44.7 Å². The van der Waals surface area contributed by atoms with E-state index in [2.05, 4.69) is 18.2 Å². The molecule has 1 aliphatic carbocycles. The first-order chi connectivity index (χ1) is 7.22. The van der Waals surface area contributed by atoms with E-state index >= 15 is 0 Å². The Morgan fingerprint density at radius 1 is 1.67 bits per heavy atom. The van der Waals surface area contributed by atoms with E-state index in [9.17, 15) is 4.79 Å². The molecule has 1 rings (SSSR count). The van der Waals surface area contributed by atoms with E-state index in [0.717, 1.165) is 19.3 Å². The lowest BCUT2D eigenvalue weighted by Crippen LogP contribution is -2.45. The maximum Gasteiger partial charge on any atom is 0.323 e. The molecule has 2 atom stereocenters. The molecule has 1 saturated carbocycles. The van der Waals surface area contributed by atoms with E-state index in [1.807, 2.05) is 0 Å². The van der Waals surface area contributed by atoms with Crippen LogP contribution in [0.2, 0.25) is 0 Å². The van der Waals surface area contributed by atoms with Gasteiger partial charge in [0.2, 0.25) is 0 Å². The SMILES string of the molecule is C#CCC(CC)NC(C(=O)OC)C1CC1. The van der Waals surface area contributed by atoms with Crippen molar-refractivity contribution in [2.24, 2.45) is 5.92 Å². The van der Waals surface area contributed by atoms with Crippen LogP contribution in [0.4, 0.5) is 0 Å². The minimum Gasteiger partial charge on any atom is -0.468 e. The lowest BCUT2D eigenvalue weighted by Gasteiger charge is -2.21. The van der Waals surface area contributed by atoms with Gasteiger partial charge in [-0.05, 0) is 25.2 Å². The minimum atomic E-state index is -0.159. The Kier molecular flexibility index (Phi) is 4.64. The van der Waals surface area contributed by atoms with Crippen molar-refractivity contribution in [2.75, 3.05) is 7.11 Å². The molecule has 0 amide bonds. The number of carbonyl (C=O) groups is 1. The van der Waals surface area contributed by atoms with Gasteiger partial charge in [-0.2, -0.15) is 0 Å². The largest absolute Gasteiger partial charge is 0.468 e. The van der Waals surface area contributed by atoms with Crippen LogP contribution in [0.25, 0.3) is 0 Å². The van der Waals surface area contributed by atoms with Crippen LogP contribution in [0, 0.1) is 18.3 Å². The standard InChI is InChI=1S/C12H19NO2/c1-4-6-10(5-2)13-11(9-7-8-9)12(14)15-3/h1,9-11,13H,5-8H2,2-3H3. The highest BCUT2D eigenvalue weighted by atomic mass is 16.5. The molecule has 0 spiro atoms. The summed E-state index contributed by atoms with van der Waals surface area (Å²) < 4.78 is 4.78. The van der Waals surface area contributed by atoms with Crippen molar-refractivity contribution in [3.63, 3.8) is 0 Å². The van der Waals surface area contributed by atoms with E-state index < -0.39 is 0 Å². The number of methoxy groups -OCH3 is 1. The molecular formula is C12H19NO2. The van der Waals surface area contributed by atoms with Gasteiger partial charge in [-0.15, -0.1) is 12.3 Å². The fourth-order valence-electron chi connectivity index (χ4n) is 1.67. The van der Waals surface area contributed by atoms with Crippen LogP contribution in [0.3, 0.4) is 0 Å². The highest BCUT2D eigenvalue weighted by Gasteiger charge is 2.37. The molecular weight excluding hydrogens is 190 g/mol. The molecule has 3 nitrogen and oxygen atoms in total. The summed E-state index contributed by atoms with van der Waals surface area (Å²) in [7, 11) is 1.43. The molecule has 2 unspecified atom stereocenters. The Morgan fingerprint density at radius 2 is 2.33 bits per heavy atom. The summed E-state index contributed by atoms with van der Waals surface area (Å²) in [6, 6.07) is 0.0630. The number of hydrogen-bond donors (Lipinski definition) is 1. The smallest absolute Gasteiger partial charge is 0.323 e. The molecule has 15 heavy (non-hydrogen) atoms. The van der Waals surface area contributed by atoms with Gasteiger partial charge in [-0.3, -0.25) is 4.79 Å². The molecule has 1 N–H and O–H groups in total. The van der Waals surface area contributed by atoms with Crippen molar-refractivity contribution in [1.29, 1.82) is 0 Å². The summed E-state index contributed by atoms with van der Waals surface area (Å²) in [5, 5.41) is 3.30. The molecule has 0 aromatic rings. The van der Waals surface area contributed by atoms with Crippen LogP contribution in [0.15, 0.2) is 0 Å². The van der Waals surface area contributed by atoms with Gasteiger partial charge in [-0.25, -0.2) is 0 Å². The van der Waals surface area contributed by atoms with Crippen LogP contribution >= 0.6 is 0 Å². The molecule has 0 aromatic carbocycles. The summed E-state index contributed by atoms with van der Waals surface area (Å²) in [6.45, 7) is 2.07. The quantitative estimate of drug-likeness (QED) is 0.530. The monoisotopic (exact) mass is 209 g/mol. The van der Waals surface area contributed by atoms with Crippen molar-refractivity contribution >= 4 is 5.97 Å². The summed E-state index contributed by atoms with van der Waals surface area (Å²) in [5.41, 5.74) is 0. The van der Waals surface area contributed by atoms with Crippen LogP contribution in [-0.2, 0) is 9.53 Å². The summed E-state index contributed by atoms with van der Waals surface area (Å²) in [5.74, 6) is 2.91. The van der Waals surface area contributed by atoms with Gasteiger partial charge < -0.3 is 10.1 Å². The summed E-state index contributed by atoms with van der Waals surface area (Å²) in [6.07, 6.45) is 9.09. The third-order valence-electron chi connectivity index (χ3n) is 2.82. The zero-order valence-corrected chi connectivity index (χ0v) is 9.45. The van der Waals surface area contributed by atoms with Crippen LogP contribution in [0.5, 0.6) is 0 Å². The molecule has 0 saturated heterocycles. The second kappa shape index (κ2) is 5.77. The van der Waals surface area contributed by atoms with Gasteiger partial charge in [0, 0.05) is 12.5 Å². The predicted molar refractivity (Wildman–Crippen MR) is 59.2 cm³/mol. The van der Waals surface area contributed by atoms with Crippen molar-refractivity contribution in [1.82, 2.24) is 5.32 Å². The van der Waals surface area contributed by atoms with E-state index in [1.54, 1.807) is 0 Å². The number of rotatable bonds is 6. The van der Waals surface area contributed by atoms with Crippen molar-refractivity contribution in [3.05, 3.63) is 0 Å². The number of esters is 1. The van der Waals surface area contributed by atoms with Crippen molar-refractivity contribution < 1.29 is 9.53 Å². The topological polar surface area (TPSA) is 38.3 Å². The Hall–Kier alpha value is -1.01. The molecule has 0 aliphatic heterocycles. The van der Waals surface area contributed by atoms with Gasteiger partial charge in [0.1, 0.15) is 6.04 Å². The lowest BCUT2D eigenvalue weighted by atomic mass is 10.1. The first-order valence-corrected chi connectivity index (χ1v) is 5.50.